The quantitative estimate of drug-likeness (QED) is 0.453. The maximum absolute atomic E-state index is 13.0. The Bertz CT molecular complexity index is 1030. The van der Waals surface area contributed by atoms with Gasteiger partial charge in [-0.25, -0.2) is 0 Å². The highest BCUT2D eigenvalue weighted by Crippen LogP contribution is 2.26. The summed E-state index contributed by atoms with van der Waals surface area (Å²) in [5.41, 5.74) is 4.37. The summed E-state index contributed by atoms with van der Waals surface area (Å²) < 4.78 is 11.6. The van der Waals surface area contributed by atoms with E-state index in [-0.39, 0.29) is 12.5 Å². The zero-order valence-electron chi connectivity index (χ0n) is 17.5. The molecule has 0 aliphatic carbocycles. The van der Waals surface area contributed by atoms with Crippen molar-refractivity contribution in [3.8, 4) is 11.5 Å². The largest absolute Gasteiger partial charge is 0.493 e. The maximum Gasteiger partial charge on any atom is 0.255 e. The molecule has 0 fully saturated rings. The van der Waals surface area contributed by atoms with Crippen molar-refractivity contribution in [3.63, 3.8) is 0 Å². The van der Waals surface area contributed by atoms with Crippen LogP contribution in [0.15, 0.2) is 60.7 Å². The van der Waals surface area contributed by atoms with Gasteiger partial charge in [0.05, 0.1) is 6.61 Å². The van der Waals surface area contributed by atoms with E-state index in [9.17, 15) is 4.79 Å². The second-order valence-corrected chi connectivity index (χ2v) is 7.35. The van der Waals surface area contributed by atoms with Crippen LogP contribution in [0.5, 0.6) is 11.5 Å². The van der Waals surface area contributed by atoms with Gasteiger partial charge in [0.2, 0.25) is 0 Å². The van der Waals surface area contributed by atoms with E-state index in [4.69, 9.17) is 21.1 Å². The smallest absolute Gasteiger partial charge is 0.255 e. The van der Waals surface area contributed by atoms with Crippen LogP contribution in [0.4, 0.5) is 5.69 Å². The van der Waals surface area contributed by atoms with Crippen molar-refractivity contribution >= 4 is 23.2 Å². The van der Waals surface area contributed by atoms with Crippen molar-refractivity contribution < 1.29 is 14.3 Å². The van der Waals surface area contributed by atoms with Gasteiger partial charge in [0.25, 0.3) is 5.91 Å². The van der Waals surface area contributed by atoms with Crippen molar-refractivity contribution in [3.05, 3.63) is 87.9 Å². The van der Waals surface area contributed by atoms with Crippen LogP contribution in [0.1, 0.15) is 40.9 Å². The third kappa shape index (κ3) is 5.33. The minimum Gasteiger partial charge on any atom is -0.493 e. The lowest BCUT2D eigenvalue weighted by Gasteiger charge is -2.15. The van der Waals surface area contributed by atoms with Crippen LogP contribution >= 0.6 is 11.6 Å². The maximum atomic E-state index is 13.0. The number of anilines is 1. The van der Waals surface area contributed by atoms with Crippen LogP contribution in [-0.4, -0.2) is 12.5 Å². The van der Waals surface area contributed by atoms with Gasteiger partial charge in [-0.2, -0.15) is 0 Å². The Kier molecular flexibility index (Phi) is 7.36. The molecule has 3 rings (SSSR count). The summed E-state index contributed by atoms with van der Waals surface area (Å²) in [5.74, 6) is 1.19. The predicted octanol–water partition coefficient (Wildman–Crippen LogP) is 6.44. The Balaban J connectivity index is 1.83. The van der Waals surface area contributed by atoms with Crippen molar-refractivity contribution in [2.75, 3.05) is 11.9 Å². The summed E-state index contributed by atoms with van der Waals surface area (Å²) in [6, 6.07) is 18.7. The summed E-state index contributed by atoms with van der Waals surface area (Å²) in [6.07, 6.45) is 0.847. The van der Waals surface area contributed by atoms with E-state index in [2.05, 4.69) is 12.2 Å². The van der Waals surface area contributed by atoms with Crippen LogP contribution in [-0.2, 0) is 13.0 Å². The Morgan fingerprint density at radius 2 is 1.77 bits per heavy atom. The first-order valence-corrected chi connectivity index (χ1v) is 10.4. The fourth-order valence-electron chi connectivity index (χ4n) is 3.24. The highest BCUT2D eigenvalue weighted by atomic mass is 35.5. The average Bonchev–Trinajstić information content (AvgIpc) is 2.74. The molecule has 0 atom stereocenters. The normalized spacial score (nSPS) is 10.5. The molecule has 0 aromatic heterocycles. The minimum absolute atomic E-state index is 0.161. The lowest BCUT2D eigenvalue weighted by molar-refractivity contribution is 0.102. The van der Waals surface area contributed by atoms with Gasteiger partial charge in [-0.15, -0.1) is 0 Å². The van der Waals surface area contributed by atoms with E-state index in [0.29, 0.717) is 28.7 Å². The number of hydrogen-bond acceptors (Lipinski definition) is 3. The number of para-hydroxylation sites is 1. The summed E-state index contributed by atoms with van der Waals surface area (Å²) in [6.45, 7) is 6.79. The molecule has 0 radical (unpaired) electrons. The van der Waals surface area contributed by atoms with Crippen molar-refractivity contribution in [1.82, 2.24) is 0 Å². The molecular formula is C25H26ClNO3. The van der Waals surface area contributed by atoms with Gasteiger partial charge in [0.15, 0.2) is 0 Å². The molecule has 4 nitrogen and oxygen atoms in total. The number of halogens is 1. The monoisotopic (exact) mass is 423 g/mol. The minimum atomic E-state index is -0.161. The number of rotatable bonds is 8. The number of carbonyl (C=O) groups excluding carboxylic acids is 1. The summed E-state index contributed by atoms with van der Waals surface area (Å²) in [4.78, 5) is 13.0. The highest BCUT2D eigenvalue weighted by Gasteiger charge is 2.14. The molecule has 3 aromatic rings. The Morgan fingerprint density at radius 3 is 2.50 bits per heavy atom. The molecule has 0 spiro atoms. The Morgan fingerprint density at radius 1 is 0.967 bits per heavy atom. The molecule has 1 N–H and O–H groups in total. The first kappa shape index (κ1) is 21.7. The first-order valence-electron chi connectivity index (χ1n) is 10.1. The second kappa shape index (κ2) is 10.2. The molecule has 156 valence electrons. The van der Waals surface area contributed by atoms with E-state index in [1.54, 1.807) is 18.2 Å². The third-order valence-corrected chi connectivity index (χ3v) is 5.03. The van der Waals surface area contributed by atoms with Gasteiger partial charge in [-0.1, -0.05) is 42.8 Å². The van der Waals surface area contributed by atoms with Crippen LogP contribution in [0.2, 0.25) is 5.02 Å². The number of amides is 1. The van der Waals surface area contributed by atoms with Crippen LogP contribution in [0.25, 0.3) is 0 Å². The van der Waals surface area contributed by atoms with E-state index < -0.39 is 0 Å². The van der Waals surface area contributed by atoms with E-state index in [1.165, 1.54) is 0 Å². The SMILES string of the molecule is CCOc1ccc(C(=O)Nc2c(C)cccc2CC)cc1COc1cccc(Cl)c1. The van der Waals surface area contributed by atoms with Crippen LogP contribution in [0, 0.1) is 6.92 Å². The van der Waals surface area contributed by atoms with Gasteiger partial charge in [-0.05, 0) is 67.8 Å². The molecule has 0 saturated heterocycles. The molecule has 3 aromatic carbocycles. The number of nitrogens with one attached hydrogen (secondary N) is 1. The molecule has 0 heterocycles. The molecule has 0 aliphatic heterocycles. The van der Waals surface area contributed by atoms with Crippen molar-refractivity contribution in [1.29, 1.82) is 0 Å². The van der Waals surface area contributed by atoms with E-state index in [0.717, 1.165) is 28.8 Å². The predicted molar refractivity (Wildman–Crippen MR) is 122 cm³/mol. The molecule has 1 amide bonds. The molecule has 0 bridgehead atoms. The van der Waals surface area contributed by atoms with Crippen LogP contribution < -0.4 is 14.8 Å². The number of benzene rings is 3. The van der Waals surface area contributed by atoms with E-state index in [1.807, 2.05) is 56.3 Å². The third-order valence-electron chi connectivity index (χ3n) is 4.79. The van der Waals surface area contributed by atoms with Gasteiger partial charge in [0, 0.05) is 21.8 Å². The lowest BCUT2D eigenvalue weighted by Crippen LogP contribution is -2.15. The zero-order valence-corrected chi connectivity index (χ0v) is 18.3. The number of hydrogen-bond donors (Lipinski definition) is 1. The fourth-order valence-corrected chi connectivity index (χ4v) is 3.42. The number of carbonyl (C=O) groups is 1. The summed E-state index contributed by atoms with van der Waals surface area (Å²) in [5, 5.41) is 3.68. The highest BCUT2D eigenvalue weighted by molar-refractivity contribution is 6.30. The molecule has 30 heavy (non-hydrogen) atoms. The van der Waals surface area contributed by atoms with Gasteiger partial charge in [-0.3, -0.25) is 4.79 Å². The molecule has 0 aliphatic rings. The molecular weight excluding hydrogens is 398 g/mol. The van der Waals surface area contributed by atoms with E-state index >= 15 is 0 Å². The fraction of sp³-hybridized carbons (Fsp3) is 0.240. The summed E-state index contributed by atoms with van der Waals surface area (Å²) in [7, 11) is 0. The topological polar surface area (TPSA) is 47.6 Å². The van der Waals surface area contributed by atoms with Crippen molar-refractivity contribution in [2.45, 2.75) is 33.8 Å². The average molecular weight is 424 g/mol. The van der Waals surface area contributed by atoms with Gasteiger partial charge >= 0.3 is 0 Å². The van der Waals surface area contributed by atoms with Crippen molar-refractivity contribution in [2.24, 2.45) is 0 Å². The lowest BCUT2D eigenvalue weighted by atomic mass is 10.0. The Labute approximate surface area is 182 Å². The Hall–Kier alpha value is -2.98. The number of ether oxygens (including phenoxy) is 2. The van der Waals surface area contributed by atoms with Crippen LogP contribution in [0.3, 0.4) is 0 Å². The molecule has 0 unspecified atom stereocenters. The summed E-state index contributed by atoms with van der Waals surface area (Å²) >= 11 is 6.03. The standard InChI is InChI=1S/C25H26ClNO3/c1-4-18-9-6-8-17(3)24(18)27-25(28)19-12-13-23(29-5-2)20(14-19)16-30-22-11-7-10-21(26)15-22/h6-15H,4-5,16H2,1-3H3,(H,27,28). The molecule has 0 saturated carbocycles. The number of aryl methyl sites for hydroxylation is 2. The molecule has 5 heteroatoms. The van der Waals surface area contributed by atoms with Gasteiger partial charge in [0.1, 0.15) is 18.1 Å². The second-order valence-electron chi connectivity index (χ2n) is 6.92. The zero-order chi connectivity index (χ0) is 21.5. The van der Waals surface area contributed by atoms with Gasteiger partial charge < -0.3 is 14.8 Å². The first-order chi connectivity index (χ1) is 14.5.